The highest BCUT2D eigenvalue weighted by atomic mass is 16.5. The van der Waals surface area contributed by atoms with Crippen molar-refractivity contribution < 1.29 is 29.0 Å². The van der Waals surface area contributed by atoms with E-state index in [1.54, 1.807) is 26.0 Å². The zero-order valence-corrected chi connectivity index (χ0v) is 21.3. The molecule has 37 heavy (non-hydrogen) atoms. The Morgan fingerprint density at radius 2 is 1.89 bits per heavy atom. The van der Waals surface area contributed by atoms with Crippen LogP contribution in [0.2, 0.25) is 0 Å². The van der Waals surface area contributed by atoms with Crippen LogP contribution in [0.3, 0.4) is 0 Å². The van der Waals surface area contributed by atoms with Crippen LogP contribution in [0.15, 0.2) is 24.3 Å². The summed E-state index contributed by atoms with van der Waals surface area (Å²) in [4.78, 5) is 44.7. The summed E-state index contributed by atoms with van der Waals surface area (Å²) in [7, 11) is 0. The van der Waals surface area contributed by atoms with Gasteiger partial charge in [0.1, 0.15) is 11.9 Å². The number of nitrogens with one attached hydrogen (secondary N) is 2. The normalized spacial score (nSPS) is 15.1. The Hall–Kier alpha value is -3.89. The first-order valence-electron chi connectivity index (χ1n) is 12.6. The van der Waals surface area contributed by atoms with E-state index in [-0.39, 0.29) is 37.9 Å². The number of rotatable bonds is 12. The highest BCUT2D eigenvalue weighted by Crippen LogP contribution is 2.31. The van der Waals surface area contributed by atoms with Gasteiger partial charge in [-0.25, -0.2) is 4.79 Å². The Morgan fingerprint density at radius 3 is 2.59 bits per heavy atom. The van der Waals surface area contributed by atoms with Crippen LogP contribution in [0.1, 0.15) is 61.0 Å². The maximum atomic E-state index is 12.7. The fourth-order valence-electron chi connectivity index (χ4n) is 4.28. The van der Waals surface area contributed by atoms with Gasteiger partial charge in [0.25, 0.3) is 5.91 Å². The predicted molar refractivity (Wildman–Crippen MR) is 137 cm³/mol. The number of carbonyl (C=O) groups is 3. The molecule has 1 aliphatic heterocycles. The Labute approximate surface area is 216 Å². The first-order valence-corrected chi connectivity index (χ1v) is 12.6. The van der Waals surface area contributed by atoms with Crippen LogP contribution in [-0.2, 0) is 31.9 Å². The molecule has 0 fully saturated rings. The summed E-state index contributed by atoms with van der Waals surface area (Å²) in [6.45, 7) is 4.56. The first kappa shape index (κ1) is 27.7. The third-order valence-electron chi connectivity index (χ3n) is 6.17. The quantitative estimate of drug-likeness (QED) is 0.310. The van der Waals surface area contributed by atoms with Crippen molar-refractivity contribution in [3.8, 4) is 5.88 Å². The van der Waals surface area contributed by atoms with Crippen molar-refractivity contribution in [3.63, 3.8) is 0 Å². The second-order valence-electron chi connectivity index (χ2n) is 8.89. The number of fused-ring (bicyclic) bond motifs is 1. The molecule has 1 aliphatic rings. The monoisotopic (exact) mass is 513 g/mol. The van der Waals surface area contributed by atoms with Crippen molar-refractivity contribution >= 4 is 29.6 Å². The SMILES string of the molecule is CCOC(=O)CC[C@H](NC(=O)c1ccc(CCCC2CNc3nc(N)nc(O)c3C2)cc1)C(=O)OCC. The van der Waals surface area contributed by atoms with Crippen molar-refractivity contribution in [2.24, 2.45) is 5.92 Å². The Morgan fingerprint density at radius 1 is 1.16 bits per heavy atom. The Balaban J connectivity index is 1.49. The summed E-state index contributed by atoms with van der Waals surface area (Å²) in [6.07, 6.45) is 3.49. The van der Waals surface area contributed by atoms with E-state index < -0.39 is 23.9 Å². The minimum Gasteiger partial charge on any atom is -0.493 e. The van der Waals surface area contributed by atoms with Gasteiger partial charge >= 0.3 is 11.9 Å². The average molecular weight is 514 g/mol. The molecule has 0 aliphatic carbocycles. The second-order valence-corrected chi connectivity index (χ2v) is 8.89. The number of carbonyl (C=O) groups excluding carboxylic acids is 3. The molecule has 2 atom stereocenters. The zero-order chi connectivity index (χ0) is 26.8. The van der Waals surface area contributed by atoms with E-state index in [9.17, 15) is 19.5 Å². The smallest absolute Gasteiger partial charge is 0.328 e. The molecule has 1 aromatic heterocycles. The Kier molecular flexibility index (Phi) is 10.0. The number of aromatic hydroxyl groups is 1. The molecule has 5 N–H and O–H groups in total. The number of aryl methyl sites for hydroxylation is 1. The van der Waals surface area contributed by atoms with E-state index in [1.165, 1.54) is 0 Å². The lowest BCUT2D eigenvalue weighted by Gasteiger charge is -2.25. The molecule has 11 nitrogen and oxygen atoms in total. The summed E-state index contributed by atoms with van der Waals surface area (Å²) >= 11 is 0. The summed E-state index contributed by atoms with van der Waals surface area (Å²) in [5.41, 5.74) is 7.79. The summed E-state index contributed by atoms with van der Waals surface area (Å²) < 4.78 is 9.94. The molecule has 0 saturated carbocycles. The lowest BCUT2D eigenvalue weighted by Crippen LogP contribution is -2.42. The van der Waals surface area contributed by atoms with Crippen LogP contribution < -0.4 is 16.4 Å². The van der Waals surface area contributed by atoms with E-state index in [2.05, 4.69) is 20.6 Å². The highest BCUT2D eigenvalue weighted by molar-refractivity contribution is 5.96. The van der Waals surface area contributed by atoms with Gasteiger partial charge < -0.3 is 30.9 Å². The number of ether oxygens (including phenoxy) is 2. The molecule has 200 valence electrons. The lowest BCUT2D eigenvalue weighted by atomic mass is 9.91. The molecule has 11 heteroatoms. The molecule has 0 radical (unpaired) electrons. The van der Waals surface area contributed by atoms with Gasteiger partial charge in [-0.1, -0.05) is 12.1 Å². The minimum atomic E-state index is -0.938. The molecule has 0 saturated heterocycles. The van der Waals surface area contributed by atoms with E-state index in [0.29, 0.717) is 29.3 Å². The third-order valence-corrected chi connectivity index (χ3v) is 6.17. The van der Waals surface area contributed by atoms with Gasteiger partial charge in [0.15, 0.2) is 0 Å². The molecule has 2 aromatic rings. The van der Waals surface area contributed by atoms with Crippen molar-refractivity contribution in [2.75, 3.05) is 30.8 Å². The number of anilines is 2. The molecule has 1 aromatic carbocycles. The molecule has 1 unspecified atom stereocenters. The molecule has 3 rings (SSSR count). The van der Waals surface area contributed by atoms with Crippen LogP contribution in [0.25, 0.3) is 0 Å². The van der Waals surface area contributed by atoms with Gasteiger partial charge in [-0.05, 0) is 69.6 Å². The van der Waals surface area contributed by atoms with Crippen LogP contribution >= 0.6 is 0 Å². The molecular weight excluding hydrogens is 478 g/mol. The molecule has 0 spiro atoms. The number of nitrogen functional groups attached to an aromatic ring is 1. The van der Waals surface area contributed by atoms with E-state index in [1.807, 2.05) is 12.1 Å². The van der Waals surface area contributed by atoms with Gasteiger partial charge in [-0.3, -0.25) is 9.59 Å². The van der Waals surface area contributed by atoms with Crippen molar-refractivity contribution in [1.29, 1.82) is 0 Å². The van der Waals surface area contributed by atoms with Crippen LogP contribution in [0, 0.1) is 5.92 Å². The van der Waals surface area contributed by atoms with Gasteiger partial charge in [-0.2, -0.15) is 9.97 Å². The molecular formula is C26H35N5O6. The topological polar surface area (TPSA) is 166 Å². The second kappa shape index (κ2) is 13.4. The number of hydrogen-bond donors (Lipinski definition) is 4. The molecule has 2 heterocycles. The van der Waals surface area contributed by atoms with Crippen molar-refractivity contribution in [2.45, 2.75) is 58.4 Å². The fourth-order valence-corrected chi connectivity index (χ4v) is 4.28. The number of esters is 2. The maximum absolute atomic E-state index is 12.7. The largest absolute Gasteiger partial charge is 0.493 e. The summed E-state index contributed by atoms with van der Waals surface area (Å²) in [6, 6.07) is 6.28. The van der Waals surface area contributed by atoms with E-state index in [4.69, 9.17) is 15.2 Å². The summed E-state index contributed by atoms with van der Waals surface area (Å²) in [5, 5.41) is 16.0. The van der Waals surface area contributed by atoms with Crippen molar-refractivity contribution in [1.82, 2.24) is 15.3 Å². The zero-order valence-electron chi connectivity index (χ0n) is 21.3. The van der Waals surface area contributed by atoms with Gasteiger partial charge in [0.2, 0.25) is 11.8 Å². The third kappa shape index (κ3) is 8.06. The minimum absolute atomic E-state index is 0.000659. The predicted octanol–water partition coefficient (Wildman–Crippen LogP) is 2.38. The maximum Gasteiger partial charge on any atom is 0.328 e. The lowest BCUT2D eigenvalue weighted by molar-refractivity contribution is -0.146. The Bertz CT molecular complexity index is 1090. The van der Waals surface area contributed by atoms with E-state index in [0.717, 1.165) is 31.4 Å². The van der Waals surface area contributed by atoms with Gasteiger partial charge in [0, 0.05) is 18.5 Å². The number of nitrogens with two attached hydrogens (primary N) is 1. The van der Waals surface area contributed by atoms with Crippen LogP contribution in [0.4, 0.5) is 11.8 Å². The average Bonchev–Trinajstić information content (AvgIpc) is 2.87. The van der Waals surface area contributed by atoms with Crippen molar-refractivity contribution in [3.05, 3.63) is 41.0 Å². The number of benzene rings is 1. The highest BCUT2D eigenvalue weighted by Gasteiger charge is 2.25. The number of aromatic nitrogens is 2. The van der Waals surface area contributed by atoms with Crippen LogP contribution in [0.5, 0.6) is 5.88 Å². The van der Waals surface area contributed by atoms with Crippen LogP contribution in [-0.4, -0.2) is 58.7 Å². The molecule has 1 amide bonds. The van der Waals surface area contributed by atoms with E-state index >= 15 is 0 Å². The summed E-state index contributed by atoms with van der Waals surface area (Å²) in [5.74, 6) is -0.514. The van der Waals surface area contributed by atoms with Gasteiger partial charge in [-0.15, -0.1) is 0 Å². The number of amides is 1. The fraction of sp³-hybridized carbons (Fsp3) is 0.500. The molecule has 0 bridgehead atoms. The first-order chi connectivity index (χ1) is 17.8. The van der Waals surface area contributed by atoms with Gasteiger partial charge in [0.05, 0.1) is 18.8 Å². The number of nitrogens with zero attached hydrogens (tertiary/aromatic N) is 2. The number of hydrogen-bond acceptors (Lipinski definition) is 10. The standard InChI is InChI=1S/C26H35N5O6/c1-3-36-21(32)13-12-20(25(35)37-4-2)29-23(33)18-10-8-16(9-11-18)6-5-7-17-14-19-22(28-15-17)30-26(27)31-24(19)34/h8-11,17,20H,3-7,12-15H2,1-2H3,(H,29,33)(H4,27,28,30,31,34)/t17?,20-/m0/s1.